The molecule has 0 aliphatic carbocycles. The van der Waals surface area contributed by atoms with Crippen molar-refractivity contribution in [3.63, 3.8) is 0 Å². The molecule has 0 fully saturated rings. The van der Waals surface area contributed by atoms with Crippen molar-refractivity contribution in [2.75, 3.05) is 0 Å². The van der Waals surface area contributed by atoms with Crippen molar-refractivity contribution in [3.05, 3.63) is 53.0 Å². The summed E-state index contributed by atoms with van der Waals surface area (Å²) in [6.45, 7) is 0. The van der Waals surface area contributed by atoms with E-state index in [1.807, 2.05) is 18.2 Å². The molecule has 96 valence electrons. The Balaban J connectivity index is 2.32. The monoisotopic (exact) mass is 279 g/mol. The van der Waals surface area contributed by atoms with Crippen molar-refractivity contribution in [1.82, 2.24) is 4.98 Å². The van der Waals surface area contributed by atoms with Gasteiger partial charge in [-0.15, -0.1) is 17.8 Å². The minimum absolute atomic E-state index is 0.212. The van der Waals surface area contributed by atoms with Gasteiger partial charge in [0.05, 0.1) is 21.3 Å². The number of hydrogen-bond donors (Lipinski definition) is 1. The summed E-state index contributed by atoms with van der Waals surface area (Å²) in [6, 6.07) is 10.6. The predicted molar refractivity (Wildman–Crippen MR) is 80.0 cm³/mol. The summed E-state index contributed by atoms with van der Waals surface area (Å²) in [7, 11) is 0. The van der Waals surface area contributed by atoms with Crippen LogP contribution in [-0.4, -0.2) is 16.1 Å². The van der Waals surface area contributed by atoms with Gasteiger partial charge in [0, 0.05) is 11.1 Å². The molecule has 0 bridgehead atoms. The van der Waals surface area contributed by atoms with Gasteiger partial charge in [0.2, 0.25) is 0 Å². The van der Waals surface area contributed by atoms with Crippen LogP contribution in [0.3, 0.4) is 0 Å². The number of aromatic nitrogens is 1. The van der Waals surface area contributed by atoms with Gasteiger partial charge in [-0.2, -0.15) is 0 Å². The molecule has 20 heavy (non-hydrogen) atoms. The first-order valence-corrected chi connectivity index (χ1v) is 6.75. The second kappa shape index (κ2) is 4.80. The van der Waals surface area contributed by atoms with Crippen LogP contribution in [0.2, 0.25) is 0 Å². The fourth-order valence-corrected chi connectivity index (χ4v) is 2.89. The number of carboxylic acids is 1. The molecule has 3 aromatic rings. The normalized spacial score (nSPS) is 10.3. The zero-order valence-electron chi connectivity index (χ0n) is 10.3. The quantitative estimate of drug-likeness (QED) is 0.728. The molecule has 0 aliphatic rings. The average Bonchev–Trinajstić information content (AvgIpc) is 2.93. The van der Waals surface area contributed by atoms with Crippen LogP contribution in [0.25, 0.3) is 21.3 Å². The molecular formula is C16H9NO2S. The van der Waals surface area contributed by atoms with E-state index in [0.29, 0.717) is 11.1 Å². The van der Waals surface area contributed by atoms with Crippen LogP contribution < -0.4 is 0 Å². The molecule has 1 N–H and O–H groups in total. The van der Waals surface area contributed by atoms with E-state index < -0.39 is 5.97 Å². The number of carboxylic acid groups (broad SMARTS) is 1. The molecule has 0 saturated carbocycles. The fourth-order valence-electron chi connectivity index (χ4n) is 2.17. The van der Waals surface area contributed by atoms with Gasteiger partial charge in [-0.05, 0) is 29.8 Å². The molecule has 0 saturated heterocycles. The van der Waals surface area contributed by atoms with Gasteiger partial charge in [-0.25, -0.2) is 9.78 Å². The Morgan fingerprint density at radius 3 is 2.90 bits per heavy atom. The summed E-state index contributed by atoms with van der Waals surface area (Å²) in [4.78, 5) is 15.6. The Bertz CT molecular complexity index is 858. The Morgan fingerprint density at radius 1 is 1.30 bits per heavy atom. The Kier molecular flexibility index (Phi) is 2.97. The third kappa shape index (κ3) is 1.94. The van der Waals surface area contributed by atoms with Crippen LogP contribution in [0.1, 0.15) is 15.9 Å². The molecule has 4 heteroatoms. The molecule has 0 unspecified atom stereocenters. The number of rotatable bonds is 2. The van der Waals surface area contributed by atoms with Crippen molar-refractivity contribution >= 4 is 27.5 Å². The Morgan fingerprint density at radius 2 is 2.15 bits per heavy atom. The minimum atomic E-state index is -0.985. The van der Waals surface area contributed by atoms with E-state index in [-0.39, 0.29) is 5.56 Å². The number of benzene rings is 2. The summed E-state index contributed by atoms with van der Waals surface area (Å²) < 4.78 is 1.01. The Hall–Kier alpha value is -2.64. The lowest BCUT2D eigenvalue weighted by atomic mass is 9.94. The van der Waals surface area contributed by atoms with E-state index in [1.165, 1.54) is 11.3 Å². The second-order valence-corrected chi connectivity index (χ2v) is 5.10. The van der Waals surface area contributed by atoms with E-state index in [9.17, 15) is 9.90 Å². The highest BCUT2D eigenvalue weighted by molar-refractivity contribution is 7.16. The molecular weight excluding hydrogens is 270 g/mol. The first-order valence-electron chi connectivity index (χ1n) is 5.87. The standard InChI is InChI=1S/C16H9NO2S/c1-2-10-4-3-5-12(16(18)19)15(10)11-6-7-13-14(8-11)20-9-17-13/h1,3-9H,(H,18,19). The van der Waals surface area contributed by atoms with Crippen LogP contribution >= 0.6 is 11.3 Å². The molecule has 0 radical (unpaired) electrons. The van der Waals surface area contributed by atoms with E-state index in [0.717, 1.165) is 15.8 Å². The predicted octanol–water partition coefficient (Wildman–Crippen LogP) is 3.64. The van der Waals surface area contributed by atoms with E-state index in [2.05, 4.69) is 10.9 Å². The third-order valence-electron chi connectivity index (χ3n) is 3.07. The smallest absolute Gasteiger partial charge is 0.336 e. The van der Waals surface area contributed by atoms with Crippen molar-refractivity contribution in [2.24, 2.45) is 0 Å². The molecule has 0 amide bonds. The maximum Gasteiger partial charge on any atom is 0.336 e. The van der Waals surface area contributed by atoms with Crippen LogP contribution in [0.15, 0.2) is 41.9 Å². The number of terminal acetylenes is 1. The van der Waals surface area contributed by atoms with Gasteiger partial charge in [-0.1, -0.05) is 18.1 Å². The number of carbonyl (C=O) groups is 1. The first kappa shape index (κ1) is 12.4. The summed E-state index contributed by atoms with van der Waals surface area (Å²) in [5.41, 5.74) is 4.83. The summed E-state index contributed by atoms with van der Waals surface area (Å²) in [5, 5.41) is 9.34. The molecule has 2 aromatic carbocycles. The highest BCUT2D eigenvalue weighted by Gasteiger charge is 2.15. The molecule has 1 aromatic heterocycles. The highest BCUT2D eigenvalue weighted by atomic mass is 32.1. The highest BCUT2D eigenvalue weighted by Crippen LogP contribution is 2.31. The van der Waals surface area contributed by atoms with Crippen LogP contribution in [0.5, 0.6) is 0 Å². The van der Waals surface area contributed by atoms with Crippen molar-refractivity contribution < 1.29 is 9.90 Å². The van der Waals surface area contributed by atoms with Crippen LogP contribution in [0, 0.1) is 12.3 Å². The fraction of sp³-hybridized carbons (Fsp3) is 0. The summed E-state index contributed by atoms with van der Waals surface area (Å²) in [6.07, 6.45) is 5.50. The number of nitrogens with zero attached hydrogens (tertiary/aromatic N) is 1. The maximum absolute atomic E-state index is 11.4. The topological polar surface area (TPSA) is 50.2 Å². The van der Waals surface area contributed by atoms with Gasteiger partial charge in [0.15, 0.2) is 0 Å². The largest absolute Gasteiger partial charge is 0.478 e. The van der Waals surface area contributed by atoms with Crippen LogP contribution in [-0.2, 0) is 0 Å². The van der Waals surface area contributed by atoms with Crippen LogP contribution in [0.4, 0.5) is 0 Å². The zero-order chi connectivity index (χ0) is 14.1. The molecule has 3 rings (SSSR count). The summed E-state index contributed by atoms with van der Waals surface area (Å²) in [5.74, 6) is 1.57. The zero-order valence-corrected chi connectivity index (χ0v) is 11.1. The molecule has 0 spiro atoms. The first-order chi connectivity index (χ1) is 9.70. The lowest BCUT2D eigenvalue weighted by Gasteiger charge is -2.09. The van der Waals surface area contributed by atoms with E-state index >= 15 is 0 Å². The van der Waals surface area contributed by atoms with Gasteiger partial charge in [0.25, 0.3) is 0 Å². The SMILES string of the molecule is C#Cc1cccc(C(=O)O)c1-c1ccc2ncsc2c1. The van der Waals surface area contributed by atoms with Crippen molar-refractivity contribution in [2.45, 2.75) is 0 Å². The van der Waals surface area contributed by atoms with Crippen molar-refractivity contribution in [3.8, 4) is 23.5 Å². The molecule has 0 atom stereocenters. The summed E-state index contributed by atoms with van der Waals surface area (Å²) >= 11 is 1.51. The lowest BCUT2D eigenvalue weighted by Crippen LogP contribution is -2.01. The third-order valence-corrected chi connectivity index (χ3v) is 3.86. The number of aromatic carboxylic acids is 1. The minimum Gasteiger partial charge on any atom is -0.478 e. The van der Waals surface area contributed by atoms with E-state index in [1.54, 1.807) is 23.7 Å². The van der Waals surface area contributed by atoms with Gasteiger partial charge in [-0.3, -0.25) is 0 Å². The molecule has 3 nitrogen and oxygen atoms in total. The number of hydrogen-bond acceptors (Lipinski definition) is 3. The van der Waals surface area contributed by atoms with Gasteiger partial charge in [0.1, 0.15) is 0 Å². The van der Waals surface area contributed by atoms with E-state index in [4.69, 9.17) is 6.42 Å². The molecule has 0 aliphatic heterocycles. The number of fused-ring (bicyclic) bond motifs is 1. The lowest BCUT2D eigenvalue weighted by molar-refractivity contribution is 0.0697. The van der Waals surface area contributed by atoms with Crippen molar-refractivity contribution in [1.29, 1.82) is 0 Å². The average molecular weight is 279 g/mol. The van der Waals surface area contributed by atoms with Gasteiger partial charge >= 0.3 is 5.97 Å². The number of thiazole rings is 1. The molecule has 1 heterocycles. The Labute approximate surface area is 119 Å². The van der Waals surface area contributed by atoms with Gasteiger partial charge < -0.3 is 5.11 Å². The second-order valence-electron chi connectivity index (χ2n) is 4.21. The maximum atomic E-state index is 11.4.